The molecule has 1 unspecified atom stereocenters. The fourth-order valence-electron chi connectivity index (χ4n) is 11.0. The van der Waals surface area contributed by atoms with Crippen molar-refractivity contribution in [1.82, 2.24) is 34.1 Å². The van der Waals surface area contributed by atoms with E-state index >= 15 is 0 Å². The van der Waals surface area contributed by atoms with E-state index < -0.39 is 29.3 Å². The van der Waals surface area contributed by atoms with Gasteiger partial charge in [-0.3, -0.25) is 33.5 Å². The number of aryl methyl sites for hydroxylation is 3. The van der Waals surface area contributed by atoms with Crippen LogP contribution in [0.4, 0.5) is 10.1 Å². The molecule has 3 aromatic heterocycles. The Balaban J connectivity index is 0.757. The number of anilines is 1. The van der Waals surface area contributed by atoms with E-state index in [4.69, 9.17) is 5.10 Å². The molecule has 2 saturated carbocycles. The van der Waals surface area contributed by atoms with Crippen LogP contribution in [0.1, 0.15) is 124 Å². The second-order valence-corrected chi connectivity index (χ2v) is 19.1. The minimum Gasteiger partial charge on any atom is -0.386 e. The van der Waals surface area contributed by atoms with Crippen LogP contribution in [0.3, 0.4) is 0 Å². The molecule has 3 N–H and O–H groups in total. The average molecular weight is 833 g/mol. The summed E-state index contributed by atoms with van der Waals surface area (Å²) < 4.78 is 19.1. The lowest BCUT2D eigenvalue weighted by Crippen LogP contribution is -2.48. The summed E-state index contributed by atoms with van der Waals surface area (Å²) in [4.78, 5) is 57.7. The monoisotopic (exact) mass is 832 g/mol. The Labute approximate surface area is 354 Å². The predicted molar refractivity (Wildman–Crippen MR) is 231 cm³/mol. The molecule has 5 heterocycles. The number of pyridine rings is 1. The van der Waals surface area contributed by atoms with E-state index in [9.17, 15) is 28.7 Å². The quantitative estimate of drug-likeness (QED) is 0.129. The highest BCUT2D eigenvalue weighted by atomic mass is 19.1. The molecule has 5 aromatic rings. The third-order valence-corrected chi connectivity index (χ3v) is 14.4. The molecular formula is C47H57FN8O5. The number of likely N-dealkylation sites (tertiary alicyclic amines) is 1. The third kappa shape index (κ3) is 8.04. The van der Waals surface area contributed by atoms with Crippen LogP contribution in [0.2, 0.25) is 0 Å². The lowest BCUT2D eigenvalue weighted by atomic mass is 9.56. The summed E-state index contributed by atoms with van der Waals surface area (Å²) in [5.74, 6) is -0.289. The van der Waals surface area contributed by atoms with Gasteiger partial charge in [-0.1, -0.05) is 12.1 Å². The number of benzene rings is 2. The van der Waals surface area contributed by atoms with E-state index in [0.29, 0.717) is 34.9 Å². The molecule has 0 radical (unpaired) electrons. The van der Waals surface area contributed by atoms with Gasteiger partial charge in [-0.2, -0.15) is 5.10 Å². The number of fused-ring (bicyclic) bond motifs is 2. The van der Waals surface area contributed by atoms with Crippen LogP contribution in [0.5, 0.6) is 0 Å². The average Bonchev–Trinajstić information content (AvgIpc) is 3.75. The number of carbonyl (C=O) groups is 3. The van der Waals surface area contributed by atoms with Gasteiger partial charge < -0.3 is 15.3 Å². The maximum atomic E-state index is 13.8. The standard InChI is InChI=1S/C47H57FN8O5/c1-28-35(48)14-15-36(49-28)43(58)50-38-22-32-27-55(52-37(32)23-34(38)46(2,3)61)33-12-9-29(10-13-33)26-54-20-18-47(19-21-54)24-30(25-47)8-11-31-6-5-7-39-42(31)53(4)45(60)56(39)40-16-17-41(57)51-44(40)59/h5-7,14-15,22-23,27,29-30,33,40,61H,8-13,16-21,24-26H2,1-4H3,(H,50,58)(H,51,57,59)/t29-,33-,40?. The van der Waals surface area contributed by atoms with E-state index in [2.05, 4.69) is 31.3 Å². The number of aromatic nitrogens is 5. The Hall–Kier alpha value is -5.21. The molecule has 2 saturated heterocycles. The predicted octanol–water partition coefficient (Wildman–Crippen LogP) is 6.85. The zero-order valence-electron chi connectivity index (χ0n) is 35.7. The molecule has 3 amide bonds. The van der Waals surface area contributed by atoms with Crippen LogP contribution >= 0.6 is 0 Å². The zero-order valence-corrected chi connectivity index (χ0v) is 35.7. The van der Waals surface area contributed by atoms with Gasteiger partial charge >= 0.3 is 5.69 Å². The Kier molecular flexibility index (Phi) is 10.7. The number of amides is 3. The van der Waals surface area contributed by atoms with Crippen molar-refractivity contribution in [2.75, 3.05) is 25.0 Å². The molecule has 322 valence electrons. The molecule has 13 nitrogen and oxygen atoms in total. The van der Waals surface area contributed by atoms with Gasteiger partial charge in [-0.25, -0.2) is 14.2 Å². The first-order valence-electron chi connectivity index (χ1n) is 22.1. The minimum atomic E-state index is -1.24. The number of para-hydroxylation sites is 1. The Morgan fingerprint density at radius 1 is 1.02 bits per heavy atom. The first kappa shape index (κ1) is 41.2. The van der Waals surface area contributed by atoms with Gasteiger partial charge in [0.05, 0.1) is 33.9 Å². The lowest BCUT2D eigenvalue weighted by Gasteiger charge is -2.53. The van der Waals surface area contributed by atoms with Crippen molar-refractivity contribution < 1.29 is 23.9 Å². The smallest absolute Gasteiger partial charge is 0.329 e. The summed E-state index contributed by atoms with van der Waals surface area (Å²) in [6.45, 7) is 8.34. The van der Waals surface area contributed by atoms with E-state index in [-0.39, 0.29) is 35.4 Å². The van der Waals surface area contributed by atoms with Crippen molar-refractivity contribution in [2.24, 2.45) is 24.3 Å². The van der Waals surface area contributed by atoms with E-state index in [1.54, 1.807) is 30.0 Å². The van der Waals surface area contributed by atoms with E-state index in [1.807, 2.05) is 30.5 Å². The summed E-state index contributed by atoms with van der Waals surface area (Å²) in [5, 5.41) is 22.2. The second kappa shape index (κ2) is 15.9. The van der Waals surface area contributed by atoms with Crippen LogP contribution in [0.25, 0.3) is 21.9 Å². The maximum absolute atomic E-state index is 13.8. The van der Waals surface area contributed by atoms with Crippen molar-refractivity contribution in [2.45, 2.75) is 116 Å². The highest BCUT2D eigenvalue weighted by Gasteiger charge is 2.45. The summed E-state index contributed by atoms with van der Waals surface area (Å²) in [6.07, 6.45) is 14.1. The van der Waals surface area contributed by atoms with E-state index in [1.165, 1.54) is 44.7 Å². The first-order chi connectivity index (χ1) is 29.1. The largest absolute Gasteiger partial charge is 0.386 e. The summed E-state index contributed by atoms with van der Waals surface area (Å²) in [7, 11) is 1.78. The molecule has 61 heavy (non-hydrogen) atoms. The molecule has 14 heteroatoms. The molecule has 4 aliphatic rings. The SMILES string of the molecule is Cc1nc(C(=O)Nc2cc3cn([C@H]4CC[C@H](CN5CCC6(CC5)CC(CCc5cccc7c5n(C)c(=O)n7C5CCC(=O)NC5=O)C6)CC4)nc3cc2C(C)(C)O)ccc1F. The number of aliphatic hydroxyl groups is 1. The van der Waals surface area contributed by atoms with Crippen LogP contribution in [0.15, 0.2) is 53.5 Å². The van der Waals surface area contributed by atoms with Gasteiger partial charge in [0.25, 0.3) is 5.91 Å². The van der Waals surface area contributed by atoms with Gasteiger partial charge in [0.15, 0.2) is 0 Å². The molecule has 4 fully saturated rings. The molecule has 1 atom stereocenters. The Morgan fingerprint density at radius 3 is 2.48 bits per heavy atom. The van der Waals surface area contributed by atoms with Gasteiger partial charge in [0.1, 0.15) is 17.6 Å². The topological polar surface area (TPSA) is 156 Å². The molecule has 1 spiro atoms. The van der Waals surface area contributed by atoms with Crippen LogP contribution in [-0.4, -0.2) is 71.3 Å². The number of imidazole rings is 1. The molecule has 0 bridgehead atoms. The van der Waals surface area contributed by atoms with E-state index in [0.717, 1.165) is 85.7 Å². The highest BCUT2D eigenvalue weighted by molar-refractivity contribution is 6.04. The van der Waals surface area contributed by atoms with Crippen LogP contribution < -0.4 is 16.3 Å². The molecule has 9 rings (SSSR count). The second-order valence-electron chi connectivity index (χ2n) is 19.1. The number of imide groups is 1. The first-order valence-corrected chi connectivity index (χ1v) is 22.1. The highest BCUT2D eigenvalue weighted by Crippen LogP contribution is 2.54. The van der Waals surface area contributed by atoms with Gasteiger partial charge in [-0.05, 0) is 158 Å². The van der Waals surface area contributed by atoms with Gasteiger partial charge in [0, 0.05) is 42.8 Å². The fourth-order valence-corrected chi connectivity index (χ4v) is 11.0. The number of halogens is 1. The summed E-state index contributed by atoms with van der Waals surface area (Å²) >= 11 is 0. The Bertz CT molecular complexity index is 2580. The van der Waals surface area contributed by atoms with Crippen LogP contribution in [-0.2, 0) is 28.7 Å². The number of nitrogens with zero attached hydrogens (tertiary/aromatic N) is 6. The number of hydrogen-bond donors (Lipinski definition) is 3. The summed E-state index contributed by atoms with van der Waals surface area (Å²) in [6, 6.07) is 11.9. The molecule has 2 aliphatic carbocycles. The maximum Gasteiger partial charge on any atom is 0.329 e. The molecular weight excluding hydrogens is 776 g/mol. The fraction of sp³-hybridized carbons (Fsp3) is 0.532. The van der Waals surface area contributed by atoms with Crippen molar-refractivity contribution in [1.29, 1.82) is 0 Å². The molecule has 2 aromatic carbocycles. The van der Waals surface area contributed by atoms with Crippen LogP contribution in [0, 0.1) is 30.0 Å². The van der Waals surface area contributed by atoms with Gasteiger partial charge in [-0.15, -0.1) is 0 Å². The normalized spacial score (nSPS) is 22.5. The van der Waals surface area contributed by atoms with Crippen molar-refractivity contribution in [3.05, 3.63) is 87.5 Å². The zero-order chi connectivity index (χ0) is 42.8. The van der Waals surface area contributed by atoms with Crippen molar-refractivity contribution >= 4 is 45.3 Å². The molecule has 2 aliphatic heterocycles. The number of nitrogens with one attached hydrogen (secondary N) is 2. The lowest BCUT2D eigenvalue weighted by molar-refractivity contribution is -0.135. The number of carbonyl (C=O) groups excluding carboxylic acids is 3. The van der Waals surface area contributed by atoms with Crippen molar-refractivity contribution in [3.8, 4) is 0 Å². The summed E-state index contributed by atoms with van der Waals surface area (Å²) in [5.41, 5.74) is 3.83. The number of hydrogen-bond acceptors (Lipinski definition) is 8. The number of rotatable bonds is 10. The van der Waals surface area contributed by atoms with Gasteiger partial charge in [0.2, 0.25) is 11.8 Å². The minimum absolute atomic E-state index is 0.102. The Morgan fingerprint density at radius 2 is 1.77 bits per heavy atom. The third-order valence-electron chi connectivity index (χ3n) is 14.4. The number of piperidine rings is 2. The van der Waals surface area contributed by atoms with Crippen molar-refractivity contribution in [3.63, 3.8) is 0 Å².